The van der Waals surface area contributed by atoms with Crippen LogP contribution in [-0.2, 0) is 14.3 Å². The quantitative estimate of drug-likeness (QED) is 0.235. The molecule has 0 radical (unpaired) electrons. The number of esters is 1. The molecule has 0 aliphatic heterocycles. The first-order chi connectivity index (χ1) is 10.1. The van der Waals surface area contributed by atoms with Crippen LogP contribution in [0.3, 0.4) is 0 Å². The summed E-state index contributed by atoms with van der Waals surface area (Å²) in [7, 11) is 1.23. The predicted octanol–water partition coefficient (Wildman–Crippen LogP) is 1.94. The fourth-order valence-corrected chi connectivity index (χ4v) is 1.39. The number of methoxy groups -OCH3 is 1. The number of azo groups is 1. The van der Waals surface area contributed by atoms with Crippen LogP contribution < -0.4 is 5.11 Å². The van der Waals surface area contributed by atoms with E-state index in [1.54, 1.807) is 25.2 Å². The number of carbonyl (C=O) groups is 1. The predicted molar refractivity (Wildman–Crippen MR) is 74.3 cm³/mol. The van der Waals surface area contributed by atoms with Gasteiger partial charge in [-0.15, -0.1) is 11.7 Å². The summed E-state index contributed by atoms with van der Waals surface area (Å²) in [5.74, 6) is -1.17. The largest absolute Gasteiger partial charge is 0.615 e. The molecule has 0 fully saturated rings. The van der Waals surface area contributed by atoms with Crippen molar-refractivity contribution in [1.29, 1.82) is 0 Å². The molecule has 0 aromatic carbocycles. The van der Waals surface area contributed by atoms with Gasteiger partial charge in [0.1, 0.15) is 18.3 Å². The minimum Gasteiger partial charge on any atom is -0.615 e. The molecule has 0 amide bonds. The average molecular weight is 288 g/mol. The Bertz CT molecular complexity index is 542. The maximum atomic E-state index is 12.0. The molecule has 0 saturated carbocycles. The van der Waals surface area contributed by atoms with Gasteiger partial charge in [-0.3, -0.25) is 0 Å². The highest BCUT2D eigenvalue weighted by Crippen LogP contribution is 2.17. The van der Waals surface area contributed by atoms with Crippen molar-refractivity contribution in [2.45, 2.75) is 19.4 Å². The molecule has 0 N–H and O–H groups in total. The van der Waals surface area contributed by atoms with Gasteiger partial charge in [0, 0.05) is 12.5 Å². The molecule has 0 aromatic heterocycles. The highest BCUT2D eigenvalue weighted by Gasteiger charge is 2.24. The Hall–Kier alpha value is -2.72. The van der Waals surface area contributed by atoms with Crippen LogP contribution in [0.25, 0.3) is 0 Å². The third-order valence-electron chi connectivity index (χ3n) is 2.40. The summed E-state index contributed by atoms with van der Waals surface area (Å²) in [6.45, 7) is 5.35. The van der Waals surface area contributed by atoms with E-state index in [0.29, 0.717) is 6.42 Å². The zero-order valence-corrected chi connectivity index (χ0v) is 11.9. The van der Waals surface area contributed by atoms with Gasteiger partial charge in [-0.25, -0.2) is 4.79 Å². The van der Waals surface area contributed by atoms with E-state index in [1.165, 1.54) is 13.2 Å². The van der Waals surface area contributed by atoms with Crippen LogP contribution in [0, 0.1) is 6.08 Å². The van der Waals surface area contributed by atoms with Crippen molar-refractivity contribution in [2.75, 3.05) is 7.11 Å². The van der Waals surface area contributed by atoms with E-state index in [0.717, 1.165) is 6.20 Å². The lowest BCUT2D eigenvalue weighted by Crippen LogP contribution is -2.16. The van der Waals surface area contributed by atoms with Gasteiger partial charge in [0.05, 0.1) is 18.2 Å². The molecule has 0 aromatic rings. The first kappa shape index (κ1) is 16.3. The fourth-order valence-electron chi connectivity index (χ4n) is 1.39. The van der Waals surface area contributed by atoms with Gasteiger partial charge >= 0.3 is 5.97 Å². The van der Waals surface area contributed by atoms with Crippen molar-refractivity contribution in [3.8, 4) is 0 Å². The third kappa shape index (κ3) is 5.42. The zero-order valence-electron chi connectivity index (χ0n) is 11.9. The van der Waals surface area contributed by atoms with Crippen molar-refractivity contribution in [1.82, 2.24) is 0 Å². The van der Waals surface area contributed by atoms with Crippen molar-refractivity contribution in [2.24, 2.45) is 10.2 Å². The van der Waals surface area contributed by atoms with E-state index in [1.807, 2.05) is 0 Å². The fraction of sp³-hybridized carbons (Fsp3) is 0.267. The molecule has 6 heteroatoms. The number of hydrogen-bond acceptors (Lipinski definition) is 6. The maximum absolute atomic E-state index is 12.0. The van der Waals surface area contributed by atoms with E-state index < -0.39 is 11.9 Å². The molecule has 0 saturated heterocycles. The van der Waals surface area contributed by atoms with Crippen LogP contribution in [-0.4, -0.2) is 19.2 Å². The van der Waals surface area contributed by atoms with Crippen molar-refractivity contribution in [3.63, 3.8) is 0 Å². The Balaban J connectivity index is 2.88. The standard InChI is InChI=1S/C15H16N2O4/c1-4-7-11(2)21-15(19)12-8-5-6-9-13(12)17-16-10-14(18)20-3/h4,6,8-11H,1,7H2,2-3H3. The molecular weight excluding hydrogens is 272 g/mol. The second kappa shape index (κ2) is 8.45. The average Bonchev–Trinajstić information content (AvgIpc) is 2.47. The van der Waals surface area contributed by atoms with Gasteiger partial charge in [-0.2, -0.15) is 5.11 Å². The van der Waals surface area contributed by atoms with Crippen molar-refractivity contribution in [3.05, 3.63) is 60.4 Å². The molecule has 0 spiro atoms. The zero-order chi connectivity index (χ0) is 15.7. The monoisotopic (exact) mass is 288 g/mol. The highest BCUT2D eigenvalue weighted by atomic mass is 16.6. The minimum atomic E-state index is -0.634. The first-order valence-corrected chi connectivity index (χ1v) is 6.22. The van der Waals surface area contributed by atoms with Crippen LogP contribution in [0.2, 0.25) is 0 Å². The Labute approximate surface area is 123 Å². The number of ether oxygens (including phenoxy) is 2. The van der Waals surface area contributed by atoms with Crippen LogP contribution >= 0.6 is 0 Å². The molecule has 6 nitrogen and oxygen atoms in total. The maximum Gasteiger partial charge on any atom is 0.399 e. The van der Waals surface area contributed by atoms with Crippen molar-refractivity contribution < 1.29 is 19.4 Å². The minimum absolute atomic E-state index is 0.218. The lowest BCUT2D eigenvalue weighted by Gasteiger charge is -2.09. The summed E-state index contributed by atoms with van der Waals surface area (Å²) >= 11 is 0. The Kier molecular flexibility index (Phi) is 6.57. The molecule has 1 rings (SSSR count). The van der Waals surface area contributed by atoms with E-state index in [9.17, 15) is 9.90 Å². The van der Waals surface area contributed by atoms with E-state index in [-0.39, 0.29) is 17.4 Å². The molecule has 0 heterocycles. The van der Waals surface area contributed by atoms with Crippen molar-refractivity contribution >= 4 is 5.97 Å². The van der Waals surface area contributed by atoms with Gasteiger partial charge in [0.15, 0.2) is 0 Å². The number of rotatable bonds is 7. The first-order valence-electron chi connectivity index (χ1n) is 6.22. The number of hydrogen-bond donors (Lipinski definition) is 0. The number of allylic oxidation sites excluding steroid dienone is 3. The second-order valence-corrected chi connectivity index (χ2v) is 4.05. The summed E-state index contributed by atoms with van der Waals surface area (Å²) in [6, 6.07) is 0. The third-order valence-corrected chi connectivity index (χ3v) is 2.40. The molecule has 1 unspecified atom stereocenters. The Morgan fingerprint density at radius 1 is 1.62 bits per heavy atom. The van der Waals surface area contributed by atoms with Crippen LogP contribution in [0.5, 0.6) is 0 Å². The normalized spacial score (nSPS) is 15.8. The summed E-state index contributed by atoms with van der Waals surface area (Å²) in [5, 5.41) is 18.3. The van der Waals surface area contributed by atoms with Crippen LogP contribution in [0.4, 0.5) is 0 Å². The summed E-state index contributed by atoms with van der Waals surface area (Å²) in [5.41, 5.74) is 0.500. The molecule has 110 valence electrons. The Morgan fingerprint density at radius 3 is 3.05 bits per heavy atom. The summed E-state index contributed by atoms with van der Waals surface area (Å²) in [6.07, 6.45) is 10.2. The smallest absolute Gasteiger partial charge is 0.399 e. The molecule has 1 atom stereocenters. The summed E-state index contributed by atoms with van der Waals surface area (Å²) in [4.78, 5) is 12.0. The van der Waals surface area contributed by atoms with Gasteiger partial charge in [0.2, 0.25) is 11.3 Å². The van der Waals surface area contributed by atoms with Crippen LogP contribution in [0.1, 0.15) is 13.3 Å². The van der Waals surface area contributed by atoms with Gasteiger partial charge < -0.3 is 14.6 Å². The van der Waals surface area contributed by atoms with Gasteiger partial charge in [-0.1, -0.05) is 6.08 Å². The van der Waals surface area contributed by atoms with Crippen LogP contribution in [0.15, 0.2) is 64.5 Å². The lowest BCUT2D eigenvalue weighted by atomic mass is 10.1. The SMILES string of the molecule is C=CCC(C)OC(=O)C1=C(N=N/C=C(\[O-])OC)C=C[C+]=C1. The number of carbonyl (C=O) groups excluding carboxylic acids is 1. The van der Waals surface area contributed by atoms with Gasteiger partial charge in [0.25, 0.3) is 0 Å². The molecular formula is C15H16N2O4. The molecule has 21 heavy (non-hydrogen) atoms. The van der Waals surface area contributed by atoms with E-state index in [2.05, 4.69) is 27.6 Å². The van der Waals surface area contributed by atoms with E-state index in [4.69, 9.17) is 4.74 Å². The van der Waals surface area contributed by atoms with Gasteiger partial charge in [-0.05, 0) is 14.0 Å². The summed E-state index contributed by atoms with van der Waals surface area (Å²) < 4.78 is 9.62. The lowest BCUT2D eigenvalue weighted by molar-refractivity contribution is -0.353. The number of nitrogens with zero attached hydrogens (tertiary/aromatic N) is 2. The topological polar surface area (TPSA) is 83.3 Å². The Morgan fingerprint density at radius 2 is 2.38 bits per heavy atom. The van der Waals surface area contributed by atoms with E-state index >= 15 is 0 Å². The second-order valence-electron chi connectivity index (χ2n) is 4.05. The molecule has 1 aliphatic carbocycles. The molecule has 1 aliphatic rings. The molecule has 0 bridgehead atoms. The highest BCUT2D eigenvalue weighted by molar-refractivity contribution is 5.93.